The van der Waals surface area contributed by atoms with Crippen molar-refractivity contribution in [3.63, 3.8) is 0 Å². The van der Waals surface area contributed by atoms with Gasteiger partial charge in [-0.1, -0.05) is 12.1 Å². The Labute approximate surface area is 225 Å². The molecule has 0 unspecified atom stereocenters. The van der Waals surface area contributed by atoms with Gasteiger partial charge in [0.1, 0.15) is 5.82 Å². The minimum absolute atomic E-state index is 0.0203. The molecule has 200 valence electrons. The molecule has 1 saturated heterocycles. The highest BCUT2D eigenvalue weighted by molar-refractivity contribution is 6.37. The summed E-state index contributed by atoms with van der Waals surface area (Å²) in [5, 5.41) is 8.65. The minimum atomic E-state index is -0.600. The van der Waals surface area contributed by atoms with Gasteiger partial charge in [0, 0.05) is 48.7 Å². The van der Waals surface area contributed by atoms with Gasteiger partial charge in [-0.25, -0.2) is 9.18 Å². The molecule has 0 aromatic heterocycles. The molecule has 0 aliphatic carbocycles. The van der Waals surface area contributed by atoms with Crippen LogP contribution in [0, 0.1) is 5.82 Å². The van der Waals surface area contributed by atoms with Crippen LogP contribution >= 0.6 is 0 Å². The Balaban J connectivity index is 1.47. The van der Waals surface area contributed by atoms with Gasteiger partial charge >= 0.3 is 6.09 Å². The van der Waals surface area contributed by atoms with Crippen molar-refractivity contribution >= 4 is 46.2 Å². The summed E-state index contributed by atoms with van der Waals surface area (Å²) < 4.78 is 18.5. The molecule has 39 heavy (non-hydrogen) atoms. The number of piperazine rings is 1. The van der Waals surface area contributed by atoms with E-state index < -0.39 is 11.9 Å². The Bertz CT molecular complexity index is 1450. The predicted octanol–water partition coefficient (Wildman–Crippen LogP) is 4.32. The van der Waals surface area contributed by atoms with E-state index in [4.69, 9.17) is 0 Å². The summed E-state index contributed by atoms with van der Waals surface area (Å²) in [4.78, 5) is 41.7. The summed E-state index contributed by atoms with van der Waals surface area (Å²) >= 11 is 0. The van der Waals surface area contributed by atoms with E-state index in [1.807, 2.05) is 11.9 Å². The fourth-order valence-electron chi connectivity index (χ4n) is 4.59. The average molecular weight is 530 g/mol. The molecule has 2 aliphatic rings. The smallest absolute Gasteiger partial charge is 0.411 e. The lowest BCUT2D eigenvalue weighted by Gasteiger charge is -2.32. The fraction of sp³-hybridized carbons (Fsp3) is 0.207. The normalized spacial score (nSPS) is 16.3. The zero-order chi connectivity index (χ0) is 27.5. The highest BCUT2D eigenvalue weighted by Gasteiger charge is 2.29. The minimum Gasteiger partial charge on any atom is -0.453 e. The highest BCUT2D eigenvalue weighted by Crippen LogP contribution is 2.38. The number of carbonyl (C=O) groups is 3. The zero-order valence-corrected chi connectivity index (χ0v) is 21.6. The number of ether oxygens (including phenoxy) is 1. The number of halogens is 1. The summed E-state index contributed by atoms with van der Waals surface area (Å²) in [5.41, 5.74) is 4.18. The van der Waals surface area contributed by atoms with E-state index in [2.05, 4.69) is 25.6 Å². The first-order chi connectivity index (χ1) is 18.8. The standard InChI is InChI=1S/C29H28FN5O4/c1-34-13-15-35(16-14-34)28(37)19-5-10-21(11-6-19)31-26(18-3-8-22(9-4-18)32-29(38)39-2)25-23-12-7-20(30)17-24(23)33-27(25)36/h3-12,17,31H,13-16H2,1-2H3,(H,32,38)(H,33,36)/b26-25-. The van der Waals surface area contributed by atoms with Crippen LogP contribution in [0.3, 0.4) is 0 Å². The third-order valence-electron chi connectivity index (χ3n) is 6.77. The van der Waals surface area contributed by atoms with E-state index in [1.165, 1.54) is 19.2 Å². The van der Waals surface area contributed by atoms with Crippen molar-refractivity contribution in [2.75, 3.05) is 56.3 Å². The molecule has 5 rings (SSSR count). The van der Waals surface area contributed by atoms with E-state index >= 15 is 0 Å². The lowest BCUT2D eigenvalue weighted by Crippen LogP contribution is -2.47. The van der Waals surface area contributed by atoms with Crippen molar-refractivity contribution in [1.29, 1.82) is 0 Å². The van der Waals surface area contributed by atoms with Crippen LogP contribution in [0.5, 0.6) is 0 Å². The molecular weight excluding hydrogens is 501 g/mol. The molecule has 0 radical (unpaired) electrons. The number of nitrogens with one attached hydrogen (secondary N) is 3. The molecule has 10 heteroatoms. The van der Waals surface area contributed by atoms with Gasteiger partial charge in [0.05, 0.1) is 24.1 Å². The molecule has 3 amide bonds. The molecule has 2 aliphatic heterocycles. The summed E-state index contributed by atoms with van der Waals surface area (Å²) in [7, 11) is 3.32. The van der Waals surface area contributed by atoms with Crippen molar-refractivity contribution in [3.05, 3.63) is 89.2 Å². The van der Waals surface area contributed by atoms with Gasteiger partial charge in [-0.15, -0.1) is 0 Å². The van der Waals surface area contributed by atoms with Crippen molar-refractivity contribution in [1.82, 2.24) is 9.80 Å². The topological polar surface area (TPSA) is 103 Å². The highest BCUT2D eigenvalue weighted by atomic mass is 19.1. The first kappa shape index (κ1) is 25.9. The Kier molecular flexibility index (Phi) is 7.29. The quantitative estimate of drug-likeness (QED) is 0.426. The molecule has 1 fully saturated rings. The van der Waals surface area contributed by atoms with Crippen LogP contribution in [0.4, 0.5) is 26.2 Å². The van der Waals surface area contributed by atoms with Crippen LogP contribution in [0.1, 0.15) is 21.5 Å². The molecule has 2 heterocycles. The Morgan fingerprint density at radius 1 is 0.872 bits per heavy atom. The number of nitrogens with zero attached hydrogens (tertiary/aromatic N) is 2. The number of methoxy groups -OCH3 is 1. The van der Waals surface area contributed by atoms with Crippen LogP contribution in [-0.2, 0) is 9.53 Å². The molecule has 3 aromatic rings. The fourth-order valence-corrected chi connectivity index (χ4v) is 4.59. The largest absolute Gasteiger partial charge is 0.453 e. The number of carbonyl (C=O) groups excluding carboxylic acids is 3. The monoisotopic (exact) mass is 529 g/mol. The lowest BCUT2D eigenvalue weighted by molar-refractivity contribution is -0.110. The number of amides is 3. The van der Waals surface area contributed by atoms with Crippen LogP contribution in [0.15, 0.2) is 66.7 Å². The second kappa shape index (κ2) is 11.0. The van der Waals surface area contributed by atoms with Gasteiger partial charge in [0.15, 0.2) is 0 Å². The van der Waals surface area contributed by atoms with Gasteiger partial charge in [0.2, 0.25) is 0 Å². The average Bonchev–Trinajstić information content (AvgIpc) is 3.27. The summed E-state index contributed by atoms with van der Waals surface area (Å²) in [6.07, 6.45) is -0.600. The Morgan fingerprint density at radius 3 is 2.13 bits per heavy atom. The van der Waals surface area contributed by atoms with Crippen LogP contribution < -0.4 is 16.0 Å². The van der Waals surface area contributed by atoms with E-state index in [0.717, 1.165) is 13.1 Å². The van der Waals surface area contributed by atoms with Crippen molar-refractivity contribution in [3.8, 4) is 0 Å². The number of hydrogen-bond donors (Lipinski definition) is 3. The van der Waals surface area contributed by atoms with E-state index in [9.17, 15) is 18.8 Å². The molecule has 9 nitrogen and oxygen atoms in total. The van der Waals surface area contributed by atoms with Gasteiger partial charge in [-0.2, -0.15) is 0 Å². The van der Waals surface area contributed by atoms with E-state index in [1.54, 1.807) is 54.6 Å². The third kappa shape index (κ3) is 5.60. The summed E-state index contributed by atoms with van der Waals surface area (Å²) in [6.45, 7) is 3.04. The summed E-state index contributed by atoms with van der Waals surface area (Å²) in [5.74, 6) is -0.853. The molecule has 0 spiro atoms. The lowest BCUT2D eigenvalue weighted by atomic mass is 9.99. The maximum atomic E-state index is 13.9. The predicted molar refractivity (Wildman–Crippen MR) is 148 cm³/mol. The molecular formula is C29H28FN5O4. The van der Waals surface area contributed by atoms with Gasteiger partial charge < -0.3 is 25.2 Å². The number of fused-ring (bicyclic) bond motifs is 1. The van der Waals surface area contributed by atoms with Crippen LogP contribution in [0.25, 0.3) is 11.3 Å². The Hall–Kier alpha value is -4.70. The molecule has 0 saturated carbocycles. The second-order valence-electron chi connectivity index (χ2n) is 9.39. The van der Waals surface area contributed by atoms with E-state index in [-0.39, 0.29) is 11.8 Å². The first-order valence-electron chi connectivity index (χ1n) is 12.5. The third-order valence-corrected chi connectivity index (χ3v) is 6.77. The number of anilines is 3. The van der Waals surface area contributed by atoms with Crippen molar-refractivity contribution in [2.45, 2.75) is 0 Å². The summed E-state index contributed by atoms with van der Waals surface area (Å²) in [6, 6.07) is 18.1. The maximum absolute atomic E-state index is 13.9. The number of rotatable bonds is 5. The molecule has 0 atom stereocenters. The van der Waals surface area contributed by atoms with E-state index in [0.29, 0.717) is 58.1 Å². The number of hydrogen-bond acceptors (Lipinski definition) is 6. The first-order valence-corrected chi connectivity index (χ1v) is 12.5. The molecule has 3 aromatic carbocycles. The molecule has 0 bridgehead atoms. The van der Waals surface area contributed by atoms with Crippen LogP contribution in [-0.4, -0.2) is 68.0 Å². The Morgan fingerprint density at radius 2 is 1.49 bits per heavy atom. The van der Waals surface area contributed by atoms with Crippen LogP contribution in [0.2, 0.25) is 0 Å². The zero-order valence-electron chi connectivity index (χ0n) is 21.6. The van der Waals surface area contributed by atoms with Gasteiger partial charge in [-0.05, 0) is 67.2 Å². The maximum Gasteiger partial charge on any atom is 0.411 e. The van der Waals surface area contributed by atoms with Crippen molar-refractivity contribution < 1.29 is 23.5 Å². The van der Waals surface area contributed by atoms with Gasteiger partial charge in [0.25, 0.3) is 11.8 Å². The second-order valence-corrected chi connectivity index (χ2v) is 9.39. The number of likely N-dealkylation sites (N-methyl/N-ethyl adjacent to an activating group) is 1. The van der Waals surface area contributed by atoms with Gasteiger partial charge in [-0.3, -0.25) is 14.9 Å². The molecule has 3 N–H and O–H groups in total. The van der Waals surface area contributed by atoms with Crippen molar-refractivity contribution in [2.24, 2.45) is 0 Å². The SMILES string of the molecule is COC(=O)Nc1ccc(/C(Nc2ccc(C(=O)N3CCN(C)CC3)cc2)=C2/C(=O)Nc3cc(F)ccc32)cc1. The number of benzene rings is 3.